The van der Waals surface area contributed by atoms with E-state index in [9.17, 15) is 18.7 Å². The van der Waals surface area contributed by atoms with Gasteiger partial charge in [0.25, 0.3) is 0 Å². The number of carbonyl (C=O) groups excluding carboxylic acids is 1. The van der Waals surface area contributed by atoms with E-state index < -0.39 is 47.4 Å². The van der Waals surface area contributed by atoms with E-state index >= 15 is 0 Å². The van der Waals surface area contributed by atoms with E-state index in [1.165, 1.54) is 57.4 Å². The Morgan fingerprint density at radius 1 is 1.00 bits per heavy atom. The van der Waals surface area contributed by atoms with Gasteiger partial charge in [-0.3, -0.25) is 4.79 Å². The lowest BCUT2D eigenvalue weighted by atomic mass is 10.1. The molecule has 2 saturated heterocycles. The maximum Gasteiger partial charge on any atom is 0.224 e. The highest BCUT2D eigenvalue weighted by atomic mass is 19.2. The number of hydrogen-bond donors (Lipinski definition) is 2. The molecule has 0 unspecified atom stereocenters. The van der Waals surface area contributed by atoms with Gasteiger partial charge >= 0.3 is 0 Å². The smallest absolute Gasteiger partial charge is 0.224 e. The number of hydrogen-bond acceptors (Lipinski definition) is 6. The van der Waals surface area contributed by atoms with Crippen LogP contribution in [0.25, 0.3) is 0 Å². The van der Waals surface area contributed by atoms with Gasteiger partial charge in [0.1, 0.15) is 24.9 Å². The SMILES string of the molecule is CCCCCCCCCCCCOC[C@@]12O[C@@H](CNC(=O)Cc3ccc(F)c(F)c3)[C@@H](O)[C@@H]1OC(C)(C)O2. The van der Waals surface area contributed by atoms with E-state index in [0.717, 1.165) is 25.0 Å². The molecular weight excluding hydrogens is 496 g/mol. The highest BCUT2D eigenvalue weighted by Crippen LogP contribution is 2.45. The molecule has 0 spiro atoms. The number of aliphatic hydroxyl groups excluding tert-OH is 1. The number of amides is 1. The number of benzene rings is 1. The number of fused-ring (bicyclic) bond motifs is 1. The zero-order valence-corrected chi connectivity index (χ0v) is 23.1. The van der Waals surface area contributed by atoms with E-state index in [0.29, 0.717) is 12.2 Å². The summed E-state index contributed by atoms with van der Waals surface area (Å²) in [5.41, 5.74) is 0.344. The molecule has 38 heavy (non-hydrogen) atoms. The van der Waals surface area contributed by atoms with E-state index in [1.54, 1.807) is 13.8 Å². The molecule has 1 amide bonds. The average Bonchev–Trinajstić information content (AvgIpc) is 3.27. The fraction of sp³-hybridized carbons (Fsp3) is 0.759. The van der Waals surface area contributed by atoms with Crippen molar-refractivity contribution in [1.82, 2.24) is 5.32 Å². The van der Waals surface area contributed by atoms with Crippen LogP contribution in [0.1, 0.15) is 90.5 Å². The van der Waals surface area contributed by atoms with Gasteiger partial charge in [0, 0.05) is 13.2 Å². The maximum atomic E-state index is 13.4. The molecule has 2 aliphatic heterocycles. The zero-order valence-electron chi connectivity index (χ0n) is 23.1. The summed E-state index contributed by atoms with van der Waals surface area (Å²) in [6.45, 7) is 6.41. The second kappa shape index (κ2) is 14.7. The van der Waals surface area contributed by atoms with Crippen molar-refractivity contribution in [1.29, 1.82) is 0 Å². The molecule has 1 aromatic rings. The quantitative estimate of drug-likeness (QED) is 0.265. The number of aliphatic hydroxyl groups is 1. The first kappa shape index (κ1) is 30.9. The van der Waals surface area contributed by atoms with Crippen molar-refractivity contribution in [3.8, 4) is 0 Å². The maximum absolute atomic E-state index is 13.4. The Balaban J connectivity index is 1.39. The standard InChI is InChI=1S/C29H45F2NO6/c1-4-5-6-7-8-9-10-11-12-13-16-35-20-29-27(37-28(2,3)38-29)26(34)24(36-29)19-32-25(33)18-21-14-15-22(30)23(31)17-21/h14-15,17,24,26-27,34H,4-13,16,18-20H2,1-3H3,(H,32,33)/t24-,26+,27-,29-/m0/s1. The largest absolute Gasteiger partial charge is 0.387 e. The van der Waals surface area contributed by atoms with Crippen LogP contribution in [0.3, 0.4) is 0 Å². The van der Waals surface area contributed by atoms with Gasteiger partial charge in [0.2, 0.25) is 11.7 Å². The summed E-state index contributed by atoms with van der Waals surface area (Å²) in [5.74, 6) is -4.59. The fourth-order valence-corrected chi connectivity index (χ4v) is 5.16. The molecule has 0 aromatic heterocycles. The summed E-state index contributed by atoms with van der Waals surface area (Å²) in [5, 5.41) is 13.6. The summed E-state index contributed by atoms with van der Waals surface area (Å²) in [7, 11) is 0. The van der Waals surface area contributed by atoms with Crippen LogP contribution in [0.15, 0.2) is 18.2 Å². The topological polar surface area (TPSA) is 86.3 Å². The lowest BCUT2D eigenvalue weighted by Gasteiger charge is -2.28. The van der Waals surface area contributed by atoms with Crippen LogP contribution in [-0.4, -0.2) is 60.7 Å². The van der Waals surface area contributed by atoms with Crippen LogP contribution in [0.2, 0.25) is 0 Å². The molecule has 1 aromatic carbocycles. The predicted molar refractivity (Wildman–Crippen MR) is 139 cm³/mol. The fourth-order valence-electron chi connectivity index (χ4n) is 5.16. The minimum Gasteiger partial charge on any atom is -0.387 e. The van der Waals surface area contributed by atoms with Crippen molar-refractivity contribution >= 4 is 5.91 Å². The van der Waals surface area contributed by atoms with Gasteiger partial charge in [-0.1, -0.05) is 70.8 Å². The summed E-state index contributed by atoms with van der Waals surface area (Å²) >= 11 is 0. The second-order valence-electron chi connectivity index (χ2n) is 11.0. The number of rotatable bonds is 17. The molecule has 2 N–H and O–H groups in total. The number of nitrogens with one attached hydrogen (secondary N) is 1. The number of unbranched alkanes of at least 4 members (excludes halogenated alkanes) is 9. The van der Waals surface area contributed by atoms with Gasteiger partial charge in [-0.2, -0.15) is 0 Å². The van der Waals surface area contributed by atoms with E-state index in [-0.39, 0.29) is 19.6 Å². The minimum absolute atomic E-state index is 0.00746. The lowest BCUT2D eigenvalue weighted by molar-refractivity contribution is -0.277. The Morgan fingerprint density at radius 3 is 2.32 bits per heavy atom. The van der Waals surface area contributed by atoms with Crippen molar-refractivity contribution in [2.75, 3.05) is 19.8 Å². The van der Waals surface area contributed by atoms with Gasteiger partial charge in [0.05, 0.1) is 6.42 Å². The molecule has 3 rings (SSSR count). The normalized spacial score (nSPS) is 26.0. The van der Waals surface area contributed by atoms with Gasteiger partial charge in [-0.15, -0.1) is 0 Å². The van der Waals surface area contributed by atoms with E-state index in [4.69, 9.17) is 18.9 Å². The zero-order chi connectivity index (χ0) is 27.6. The third kappa shape index (κ3) is 8.95. The molecule has 216 valence electrons. The molecule has 2 heterocycles. The summed E-state index contributed by atoms with van der Waals surface area (Å²) < 4.78 is 50.6. The van der Waals surface area contributed by atoms with Crippen molar-refractivity contribution in [3.05, 3.63) is 35.4 Å². The van der Waals surface area contributed by atoms with Crippen molar-refractivity contribution in [3.63, 3.8) is 0 Å². The van der Waals surface area contributed by atoms with Gasteiger partial charge < -0.3 is 29.4 Å². The Bertz CT molecular complexity index is 885. The Kier molecular flexibility index (Phi) is 11.9. The summed E-state index contributed by atoms with van der Waals surface area (Å²) in [6, 6.07) is 3.33. The first-order chi connectivity index (χ1) is 18.2. The van der Waals surface area contributed by atoms with Gasteiger partial charge in [-0.25, -0.2) is 8.78 Å². The van der Waals surface area contributed by atoms with E-state index in [1.807, 2.05) is 0 Å². The average molecular weight is 542 g/mol. The monoisotopic (exact) mass is 541 g/mol. The van der Waals surface area contributed by atoms with E-state index in [2.05, 4.69) is 12.2 Å². The van der Waals surface area contributed by atoms with Crippen LogP contribution in [-0.2, 0) is 30.2 Å². The number of carbonyl (C=O) groups is 1. The Hall–Kier alpha value is -1.65. The molecule has 0 aliphatic carbocycles. The van der Waals surface area contributed by atoms with Crippen LogP contribution >= 0.6 is 0 Å². The lowest BCUT2D eigenvalue weighted by Crippen LogP contribution is -2.45. The minimum atomic E-state index is -1.27. The molecule has 0 saturated carbocycles. The number of halogens is 2. The highest BCUT2D eigenvalue weighted by molar-refractivity contribution is 5.78. The summed E-state index contributed by atoms with van der Waals surface area (Å²) in [6.07, 6.45) is 9.68. The molecule has 0 bridgehead atoms. The Labute approximate surface area is 225 Å². The third-order valence-corrected chi connectivity index (χ3v) is 7.10. The first-order valence-electron chi connectivity index (χ1n) is 14.2. The van der Waals surface area contributed by atoms with Crippen LogP contribution in [0.4, 0.5) is 8.78 Å². The molecule has 0 radical (unpaired) electrons. The van der Waals surface area contributed by atoms with Crippen molar-refractivity contribution in [2.24, 2.45) is 0 Å². The first-order valence-corrected chi connectivity index (χ1v) is 14.2. The second-order valence-corrected chi connectivity index (χ2v) is 11.0. The van der Waals surface area contributed by atoms with Gasteiger partial charge in [-0.05, 0) is 38.0 Å². The van der Waals surface area contributed by atoms with Crippen LogP contribution in [0, 0.1) is 11.6 Å². The molecule has 4 atom stereocenters. The van der Waals surface area contributed by atoms with Crippen LogP contribution in [0.5, 0.6) is 0 Å². The molecule has 7 nitrogen and oxygen atoms in total. The Morgan fingerprint density at radius 2 is 1.66 bits per heavy atom. The highest BCUT2D eigenvalue weighted by Gasteiger charge is 2.64. The van der Waals surface area contributed by atoms with Crippen molar-refractivity contribution in [2.45, 2.75) is 121 Å². The molecular formula is C29H45F2NO6. The number of ether oxygens (including phenoxy) is 4. The van der Waals surface area contributed by atoms with Gasteiger partial charge in [0.15, 0.2) is 17.4 Å². The predicted octanol–water partition coefficient (Wildman–Crippen LogP) is 5.17. The molecule has 2 fully saturated rings. The summed E-state index contributed by atoms with van der Waals surface area (Å²) in [4.78, 5) is 12.3. The molecule has 2 aliphatic rings. The van der Waals surface area contributed by atoms with Crippen LogP contribution < -0.4 is 5.32 Å². The van der Waals surface area contributed by atoms with Crippen molar-refractivity contribution < 1.29 is 37.6 Å². The molecule has 9 heteroatoms. The third-order valence-electron chi connectivity index (χ3n) is 7.10.